The summed E-state index contributed by atoms with van der Waals surface area (Å²) in [5.74, 6) is -5.08. The lowest BCUT2D eigenvalue weighted by Crippen LogP contribution is -2.48. The van der Waals surface area contributed by atoms with Gasteiger partial charge in [-0.25, -0.2) is 9.59 Å². The van der Waals surface area contributed by atoms with Crippen molar-refractivity contribution >= 4 is 53.8 Å². The summed E-state index contributed by atoms with van der Waals surface area (Å²) in [7, 11) is 1.65. The number of hydrogen-bond donors (Lipinski definition) is 2. The molecule has 1 aliphatic heterocycles. The zero-order chi connectivity index (χ0) is 29.1. The van der Waals surface area contributed by atoms with Gasteiger partial charge in [0.2, 0.25) is 5.78 Å². The van der Waals surface area contributed by atoms with E-state index in [0.29, 0.717) is 24.1 Å². The fourth-order valence-electron chi connectivity index (χ4n) is 4.86. The number of primary amides is 1. The summed E-state index contributed by atoms with van der Waals surface area (Å²) in [6.07, 6.45) is 4.26. The minimum absolute atomic E-state index is 0.00572. The average Bonchev–Trinajstić information content (AvgIpc) is 3.57. The highest BCUT2D eigenvalue weighted by atomic mass is 127. The number of rotatable bonds is 8. The first-order chi connectivity index (χ1) is 19.6. The molecule has 1 spiro atoms. The van der Waals surface area contributed by atoms with Crippen LogP contribution in [0.4, 0.5) is 0 Å². The average molecular weight is 670 g/mol. The summed E-state index contributed by atoms with van der Waals surface area (Å²) in [4.78, 5) is 63.2. The molecule has 0 radical (unpaired) electrons. The second kappa shape index (κ2) is 11.7. The van der Waals surface area contributed by atoms with Gasteiger partial charge in [-0.15, -0.1) is 0 Å². The predicted octanol–water partition coefficient (Wildman–Crippen LogP) is 2.17. The molecule has 3 N–H and O–H groups in total. The number of nitrogens with two attached hydrogens (primary N) is 1. The van der Waals surface area contributed by atoms with Crippen LogP contribution in [0.2, 0.25) is 0 Å². The van der Waals surface area contributed by atoms with E-state index >= 15 is 0 Å². The first kappa shape index (κ1) is 28.3. The van der Waals surface area contributed by atoms with Crippen molar-refractivity contribution in [1.29, 1.82) is 0 Å². The van der Waals surface area contributed by atoms with Gasteiger partial charge in [-0.05, 0) is 30.5 Å². The summed E-state index contributed by atoms with van der Waals surface area (Å²) in [5, 5.41) is 7.08. The number of nitrogens with zero attached hydrogens (tertiary/aromatic N) is 2. The van der Waals surface area contributed by atoms with Crippen molar-refractivity contribution in [2.24, 2.45) is 12.8 Å². The molecule has 2 aliphatic rings. The molecule has 3 aromatic rings. The van der Waals surface area contributed by atoms with Gasteiger partial charge in [-0.3, -0.25) is 19.1 Å². The lowest BCUT2D eigenvalue weighted by Gasteiger charge is -2.32. The highest BCUT2D eigenvalue weighted by Crippen LogP contribution is 2.38. The first-order valence-electron chi connectivity index (χ1n) is 12.9. The molecule has 1 atom stereocenters. The van der Waals surface area contributed by atoms with E-state index < -0.39 is 62.1 Å². The van der Waals surface area contributed by atoms with E-state index in [1.54, 1.807) is 55.6 Å². The summed E-state index contributed by atoms with van der Waals surface area (Å²) < 4.78 is 13.3. The summed E-state index contributed by atoms with van der Waals surface area (Å²) >= 11 is -1.26. The van der Waals surface area contributed by atoms with Crippen molar-refractivity contribution in [1.82, 2.24) is 15.1 Å². The molecule has 1 unspecified atom stereocenters. The minimum atomic E-state index is -1.26. The Balaban J connectivity index is 1.40. The lowest BCUT2D eigenvalue weighted by molar-refractivity contribution is -0.224. The number of Topliss-reactive ketones (excluding diaryl/α,β-unsaturated/α-hetero) is 1. The molecule has 5 rings (SSSR count). The van der Waals surface area contributed by atoms with Crippen LogP contribution in [0.25, 0.3) is 11.3 Å². The predicted molar refractivity (Wildman–Crippen MR) is 155 cm³/mol. The quantitative estimate of drug-likeness (QED) is 0.210. The second-order valence-electron chi connectivity index (χ2n) is 9.82. The van der Waals surface area contributed by atoms with E-state index in [4.69, 9.17) is 15.2 Å². The molecule has 1 aliphatic carbocycles. The molecule has 0 bridgehead atoms. The Hall–Kier alpha value is -4.20. The fraction of sp³-hybridized carbons (Fsp3) is 0.276. The lowest BCUT2D eigenvalue weighted by atomic mass is 10.0. The van der Waals surface area contributed by atoms with Crippen molar-refractivity contribution in [3.05, 3.63) is 75.5 Å². The molecule has 2 heterocycles. The summed E-state index contributed by atoms with van der Waals surface area (Å²) in [6, 6.07) is 14.8. The minimum Gasteiger partial charge on any atom is -0.418 e. The number of aryl methyl sites for hydroxylation is 1. The van der Waals surface area contributed by atoms with Crippen molar-refractivity contribution in [3.8, 4) is 11.3 Å². The maximum atomic E-state index is 13.4. The van der Waals surface area contributed by atoms with E-state index in [9.17, 15) is 24.0 Å². The molecular formula is C29H27IN4O7. The molecule has 2 fully saturated rings. The molecule has 2 amide bonds. The second-order valence-corrected chi connectivity index (χ2v) is 12.7. The van der Waals surface area contributed by atoms with Gasteiger partial charge in [0.1, 0.15) is 11.7 Å². The highest BCUT2D eigenvalue weighted by Gasteiger charge is 2.48. The molecule has 212 valence electrons. The standard InChI is InChI=1S/C29H27IN4O7/c1-34-16-20(26(37)32-21(24(35)25(31)36)14-17-8-3-2-4-9-17)23(33-34)18-10-7-11-19(15-18)30-22-27(38)40-29(41-28(22)39)12-5-6-13-29/h2-4,7-11,15-16,21H,5-6,12-14H2,1H3,(H2,31,36)(H,32,37). The van der Waals surface area contributed by atoms with Crippen LogP contribution in [-0.2, 0) is 42.1 Å². The third-order valence-corrected chi connectivity index (χ3v) is 9.52. The van der Waals surface area contributed by atoms with Crippen LogP contribution < -0.4 is 11.1 Å². The number of benzene rings is 2. The summed E-state index contributed by atoms with van der Waals surface area (Å²) in [6.45, 7) is 0. The van der Waals surface area contributed by atoms with Crippen molar-refractivity contribution in [2.75, 3.05) is 0 Å². The van der Waals surface area contributed by atoms with Gasteiger partial charge in [0.05, 0.1) is 5.56 Å². The van der Waals surface area contributed by atoms with Crippen LogP contribution in [-0.4, -0.2) is 54.7 Å². The summed E-state index contributed by atoms with van der Waals surface area (Å²) in [5.41, 5.74) is 7.06. The number of esters is 2. The van der Waals surface area contributed by atoms with E-state index in [2.05, 4.69) is 10.4 Å². The van der Waals surface area contributed by atoms with Crippen LogP contribution in [0.5, 0.6) is 0 Å². The number of carbonyl (C=O) groups excluding carboxylic acids is 5. The molecule has 1 aromatic heterocycles. The zero-order valence-electron chi connectivity index (χ0n) is 22.1. The van der Waals surface area contributed by atoms with Gasteiger partial charge in [-0.1, -0.05) is 63.2 Å². The molecule has 2 aromatic carbocycles. The molecule has 1 saturated heterocycles. The molecule has 41 heavy (non-hydrogen) atoms. The van der Waals surface area contributed by atoms with E-state index in [1.807, 2.05) is 6.07 Å². The van der Waals surface area contributed by atoms with Crippen LogP contribution in [0.15, 0.2) is 60.8 Å². The molecule has 1 saturated carbocycles. The zero-order valence-corrected chi connectivity index (χ0v) is 24.3. The number of ether oxygens (including phenoxy) is 2. The van der Waals surface area contributed by atoms with E-state index in [-0.39, 0.29) is 15.5 Å². The largest absolute Gasteiger partial charge is 0.418 e. The van der Waals surface area contributed by atoms with Crippen molar-refractivity contribution < 1.29 is 33.4 Å². The van der Waals surface area contributed by atoms with Crippen molar-refractivity contribution in [3.63, 3.8) is 0 Å². The van der Waals surface area contributed by atoms with Crippen LogP contribution in [0, 0.1) is 3.57 Å². The highest BCUT2D eigenvalue weighted by molar-refractivity contribution is 14.2. The Labute approximate surface area is 245 Å². The Morgan fingerprint density at radius 2 is 1.73 bits per heavy atom. The maximum absolute atomic E-state index is 13.4. The van der Waals surface area contributed by atoms with Gasteiger partial charge in [0.25, 0.3) is 17.6 Å². The van der Waals surface area contributed by atoms with Gasteiger partial charge < -0.3 is 20.5 Å². The number of hydrogen-bond acceptors (Lipinski definition) is 8. The van der Waals surface area contributed by atoms with Gasteiger partial charge in [0, 0.05) is 41.6 Å². The number of amides is 2. The van der Waals surface area contributed by atoms with E-state index in [1.165, 1.54) is 10.9 Å². The fourth-order valence-corrected chi connectivity index (χ4v) is 7.03. The maximum Gasteiger partial charge on any atom is 0.354 e. The monoisotopic (exact) mass is 670 g/mol. The third-order valence-electron chi connectivity index (χ3n) is 6.80. The Morgan fingerprint density at radius 3 is 2.39 bits per heavy atom. The number of aromatic nitrogens is 2. The molecular weight excluding hydrogens is 643 g/mol. The number of nitrogens with one attached hydrogen (secondary N) is 1. The number of halogens is 1. The van der Waals surface area contributed by atoms with Gasteiger partial charge >= 0.3 is 11.9 Å². The van der Waals surface area contributed by atoms with Crippen molar-refractivity contribution in [2.45, 2.75) is 43.9 Å². The molecule has 12 heteroatoms. The third kappa shape index (κ3) is 6.26. The SMILES string of the molecule is Cn1cc(C(=O)NC(Cc2ccccc2)C(=O)C(N)=O)c(-c2cccc(I=C3C(=O)OC4(CCCC4)OC3=O)c2)n1. The number of carbonyl (C=O) groups is 5. The normalized spacial score (nSPS) is 16.7. The number of ketones is 1. The smallest absolute Gasteiger partial charge is 0.354 e. The van der Waals surface area contributed by atoms with Crippen LogP contribution in [0.1, 0.15) is 41.6 Å². The van der Waals surface area contributed by atoms with E-state index in [0.717, 1.165) is 22.0 Å². The Morgan fingerprint density at radius 1 is 1.05 bits per heavy atom. The van der Waals surface area contributed by atoms with Crippen LogP contribution in [0.3, 0.4) is 0 Å². The Kier molecular flexibility index (Phi) is 8.10. The first-order valence-corrected chi connectivity index (χ1v) is 15.1. The van der Waals surface area contributed by atoms with Crippen LogP contribution >= 0.6 is 20.7 Å². The van der Waals surface area contributed by atoms with Gasteiger partial charge in [-0.2, -0.15) is 5.10 Å². The van der Waals surface area contributed by atoms with Gasteiger partial charge in [0.15, 0.2) is 3.51 Å². The Bertz CT molecular complexity index is 1550. The molecule has 11 nitrogen and oxygen atoms in total. The topological polar surface area (TPSA) is 160 Å².